The summed E-state index contributed by atoms with van der Waals surface area (Å²) in [4.78, 5) is 0. The van der Waals surface area contributed by atoms with E-state index in [9.17, 15) is 0 Å². The molecule has 0 aromatic rings. The molecule has 4 rings (SSSR count). The largest absolute Gasteiger partial charge is 2.00 e. The summed E-state index contributed by atoms with van der Waals surface area (Å²) in [6.07, 6.45) is 34.1. The molecule has 0 aromatic carbocycles. The summed E-state index contributed by atoms with van der Waals surface area (Å²) in [6, 6.07) is 0. The van der Waals surface area contributed by atoms with Crippen LogP contribution in [-0.2, 0) is 52.9 Å². The Morgan fingerprint density at radius 1 is 0.694 bits per heavy atom. The van der Waals surface area contributed by atoms with Crippen LogP contribution in [0.2, 0.25) is 0 Å². The zero-order valence-electron chi connectivity index (χ0n) is 22.0. The van der Waals surface area contributed by atoms with Gasteiger partial charge in [0.2, 0.25) is 0 Å². The van der Waals surface area contributed by atoms with Gasteiger partial charge in [0.25, 0.3) is 0 Å². The average molecular weight is 597 g/mol. The van der Waals surface area contributed by atoms with Crippen molar-refractivity contribution in [3.8, 4) is 0 Å². The Bertz CT molecular complexity index is 838. The Kier molecular flexibility index (Phi) is 20.0. The van der Waals surface area contributed by atoms with Crippen molar-refractivity contribution in [2.45, 2.75) is 77.4 Å². The quantitative estimate of drug-likeness (QED) is 0.312. The van der Waals surface area contributed by atoms with Gasteiger partial charge in [-0.2, -0.15) is 12.2 Å². The normalized spacial score (nSPS) is 25.0. The summed E-state index contributed by atoms with van der Waals surface area (Å²) in [5.41, 5.74) is 4.98. The molecule has 0 bridgehead atoms. The van der Waals surface area contributed by atoms with Crippen molar-refractivity contribution in [2.75, 3.05) is 13.2 Å². The molecule has 0 fully saturated rings. The van der Waals surface area contributed by atoms with Crippen LogP contribution in [0, 0.1) is 12.2 Å². The van der Waals surface area contributed by atoms with Crippen LogP contribution in [0.5, 0.6) is 0 Å². The molecule has 0 aliphatic heterocycles. The summed E-state index contributed by atoms with van der Waals surface area (Å²) in [5.74, 6) is 0. The number of allylic oxidation sites excluding steroid dienone is 10. The maximum atomic E-state index is 6.03. The van der Waals surface area contributed by atoms with Gasteiger partial charge < -0.3 is 34.3 Å². The van der Waals surface area contributed by atoms with Crippen LogP contribution in [0.15, 0.2) is 83.1 Å². The van der Waals surface area contributed by atoms with E-state index in [2.05, 4.69) is 101 Å². The van der Waals surface area contributed by atoms with E-state index < -0.39 is 0 Å². The molecule has 0 saturated carbocycles. The van der Waals surface area contributed by atoms with Gasteiger partial charge in [0.15, 0.2) is 0 Å². The van der Waals surface area contributed by atoms with Gasteiger partial charge in [-0.1, -0.05) is 36.5 Å². The molecule has 0 heterocycles. The monoisotopic (exact) mass is 596 g/mol. The van der Waals surface area contributed by atoms with Gasteiger partial charge in [-0.3, -0.25) is 12.2 Å². The number of hydrogen-bond donors (Lipinski definition) is 0. The molecular formula is C30H38Cl2O2Ti2. The van der Waals surface area contributed by atoms with Crippen LogP contribution < -0.4 is 24.8 Å². The van der Waals surface area contributed by atoms with E-state index in [4.69, 9.17) is 9.47 Å². The first-order valence-corrected chi connectivity index (χ1v) is 12.0. The number of halogens is 2. The zero-order valence-corrected chi connectivity index (χ0v) is 26.6. The maximum Gasteiger partial charge on any atom is 2.00 e. The fourth-order valence-electron chi connectivity index (χ4n) is 4.75. The van der Waals surface area contributed by atoms with Crippen molar-refractivity contribution in [1.29, 1.82) is 0 Å². The zero-order chi connectivity index (χ0) is 22.9. The molecule has 2 nitrogen and oxygen atoms in total. The second-order valence-electron chi connectivity index (χ2n) is 8.79. The third-order valence-electron chi connectivity index (χ3n) is 6.62. The van der Waals surface area contributed by atoms with E-state index in [1.165, 1.54) is 22.3 Å². The Morgan fingerprint density at radius 2 is 1.08 bits per heavy atom. The van der Waals surface area contributed by atoms with Crippen LogP contribution in [0.25, 0.3) is 0 Å². The SMILES string of the molecule is CCOC1(CC2=[C-]CC=C2)CC=CC=C1C.CCOC1(CC2=[C-]CC=C2)CC=CC=C1C.[Cl-].[Cl-].[Ti+2].[Ti+2]. The van der Waals surface area contributed by atoms with Crippen molar-refractivity contribution >= 4 is 0 Å². The molecule has 2 unspecified atom stereocenters. The van der Waals surface area contributed by atoms with Crippen molar-refractivity contribution < 1.29 is 77.7 Å². The Morgan fingerprint density at radius 3 is 1.36 bits per heavy atom. The molecule has 6 heteroatoms. The smallest absolute Gasteiger partial charge is 1.00 e. The first kappa shape index (κ1) is 38.0. The second kappa shape index (κ2) is 19.0. The van der Waals surface area contributed by atoms with Crippen LogP contribution in [0.3, 0.4) is 0 Å². The van der Waals surface area contributed by atoms with Gasteiger partial charge in [0.1, 0.15) is 0 Å². The van der Waals surface area contributed by atoms with Crippen molar-refractivity contribution in [3.63, 3.8) is 0 Å². The molecule has 4 aliphatic carbocycles. The van der Waals surface area contributed by atoms with Gasteiger partial charge >= 0.3 is 43.4 Å². The van der Waals surface area contributed by atoms with Gasteiger partial charge in [-0.05, 0) is 64.5 Å². The predicted octanol–water partition coefficient (Wildman–Crippen LogP) is 1.50. The van der Waals surface area contributed by atoms with E-state index >= 15 is 0 Å². The Labute approximate surface area is 261 Å². The molecule has 4 aliphatic rings. The predicted molar refractivity (Wildman–Crippen MR) is 134 cm³/mol. The summed E-state index contributed by atoms with van der Waals surface area (Å²) < 4.78 is 12.1. The molecule has 0 spiro atoms. The first-order chi connectivity index (χ1) is 15.5. The third kappa shape index (κ3) is 10.2. The van der Waals surface area contributed by atoms with Gasteiger partial charge in [-0.25, -0.2) is 23.3 Å². The average Bonchev–Trinajstić information content (AvgIpc) is 3.48. The molecule has 0 aromatic heterocycles. The topological polar surface area (TPSA) is 18.5 Å². The molecule has 36 heavy (non-hydrogen) atoms. The van der Waals surface area contributed by atoms with Gasteiger partial charge in [-0.15, -0.1) is 12.8 Å². The third-order valence-corrected chi connectivity index (χ3v) is 6.62. The van der Waals surface area contributed by atoms with Crippen LogP contribution in [-0.4, -0.2) is 24.4 Å². The molecule has 0 saturated heterocycles. The molecule has 0 N–H and O–H groups in total. The number of rotatable bonds is 8. The fourth-order valence-corrected chi connectivity index (χ4v) is 4.75. The Hall–Kier alpha value is -0.151. The molecule has 0 amide bonds. The van der Waals surface area contributed by atoms with Crippen LogP contribution in [0.4, 0.5) is 0 Å². The standard InChI is InChI=1S/2C15H19O.2ClH.2Ti/c2*1-3-16-15(11-7-6-8-13(15)2)12-14-9-4-5-10-14;;;;/h2*4,6-9H,3,5,11-12H2,1-2H3;2*1H;;/q2*-1;;;2*+2/p-2. The molecule has 192 valence electrons. The van der Waals surface area contributed by atoms with Crippen molar-refractivity contribution in [3.05, 3.63) is 95.2 Å². The minimum Gasteiger partial charge on any atom is -1.00 e. The summed E-state index contributed by atoms with van der Waals surface area (Å²) in [6.45, 7) is 9.98. The minimum absolute atomic E-state index is 0. The van der Waals surface area contributed by atoms with E-state index in [0.717, 1.165) is 51.7 Å². The summed E-state index contributed by atoms with van der Waals surface area (Å²) in [5, 5.41) is 0. The van der Waals surface area contributed by atoms with Gasteiger partial charge in [0, 0.05) is 13.2 Å². The van der Waals surface area contributed by atoms with Crippen LogP contribution >= 0.6 is 0 Å². The molecular weight excluding hydrogens is 559 g/mol. The molecule has 2 atom stereocenters. The second-order valence-corrected chi connectivity index (χ2v) is 8.79. The Balaban J connectivity index is 0. The van der Waals surface area contributed by atoms with E-state index in [0.29, 0.717) is 0 Å². The van der Waals surface area contributed by atoms with Gasteiger partial charge in [0.05, 0.1) is 11.2 Å². The number of ether oxygens (including phenoxy) is 2. The number of hydrogen-bond acceptors (Lipinski definition) is 2. The minimum atomic E-state index is -0.124. The fraction of sp³-hybridized carbons (Fsp3) is 0.467. The van der Waals surface area contributed by atoms with Crippen molar-refractivity contribution in [2.24, 2.45) is 0 Å². The summed E-state index contributed by atoms with van der Waals surface area (Å²) in [7, 11) is 0. The van der Waals surface area contributed by atoms with E-state index in [-0.39, 0.29) is 79.5 Å². The first-order valence-electron chi connectivity index (χ1n) is 12.0. The van der Waals surface area contributed by atoms with Crippen LogP contribution in [0.1, 0.15) is 66.2 Å². The summed E-state index contributed by atoms with van der Waals surface area (Å²) >= 11 is 0. The van der Waals surface area contributed by atoms with E-state index in [1.807, 2.05) is 0 Å². The van der Waals surface area contributed by atoms with Crippen molar-refractivity contribution in [1.82, 2.24) is 0 Å². The maximum absolute atomic E-state index is 6.03. The van der Waals surface area contributed by atoms with E-state index in [1.54, 1.807) is 0 Å². The molecule has 0 radical (unpaired) electrons.